The molecule has 0 saturated carbocycles. The Bertz CT molecular complexity index is 978. The van der Waals surface area contributed by atoms with Crippen LogP contribution < -0.4 is 14.9 Å². The smallest absolute Gasteiger partial charge is 0.359 e. The lowest BCUT2D eigenvalue weighted by Crippen LogP contribution is -2.11. The molecule has 0 bridgehead atoms. The first-order valence-corrected chi connectivity index (χ1v) is 7.00. The Hall–Kier alpha value is -3.35. The molecule has 0 amide bonds. The highest BCUT2D eigenvalue weighted by Crippen LogP contribution is 2.37. The molecule has 0 aliphatic heterocycles. The van der Waals surface area contributed by atoms with Crippen LogP contribution in [0.1, 0.15) is 0 Å². The average molecular weight is 327 g/mol. The molecular formula is C17H13NO6. The van der Waals surface area contributed by atoms with E-state index in [0.29, 0.717) is 11.3 Å². The SMILES string of the molecule is COc1ccc2oc(-c3ccccc3)c([N+](=O)[O-])c(=O)c2c1OC. The molecule has 0 N–H and O–H groups in total. The van der Waals surface area contributed by atoms with Crippen molar-refractivity contribution in [1.82, 2.24) is 0 Å². The lowest BCUT2D eigenvalue weighted by molar-refractivity contribution is -0.386. The van der Waals surface area contributed by atoms with Gasteiger partial charge >= 0.3 is 5.69 Å². The van der Waals surface area contributed by atoms with Crippen molar-refractivity contribution in [3.63, 3.8) is 0 Å². The summed E-state index contributed by atoms with van der Waals surface area (Å²) in [5.41, 5.74) is -0.795. The van der Waals surface area contributed by atoms with Crippen LogP contribution in [0.4, 0.5) is 5.69 Å². The van der Waals surface area contributed by atoms with Crippen molar-refractivity contribution < 1.29 is 18.8 Å². The summed E-state index contributed by atoms with van der Waals surface area (Å²) in [7, 11) is 2.77. The minimum absolute atomic E-state index is 0.0248. The Morgan fingerprint density at radius 2 is 1.75 bits per heavy atom. The second-order valence-electron chi connectivity index (χ2n) is 4.91. The fourth-order valence-electron chi connectivity index (χ4n) is 2.54. The van der Waals surface area contributed by atoms with Crippen LogP contribution in [0, 0.1) is 10.1 Å². The van der Waals surface area contributed by atoms with Crippen LogP contribution in [0.25, 0.3) is 22.3 Å². The zero-order valence-corrected chi connectivity index (χ0v) is 12.9. The predicted octanol–water partition coefficient (Wildman–Crippen LogP) is 3.39. The van der Waals surface area contributed by atoms with Gasteiger partial charge in [0.05, 0.1) is 19.1 Å². The Morgan fingerprint density at radius 1 is 1.04 bits per heavy atom. The van der Waals surface area contributed by atoms with Gasteiger partial charge in [-0.25, -0.2) is 0 Å². The van der Waals surface area contributed by atoms with E-state index in [1.165, 1.54) is 20.3 Å². The van der Waals surface area contributed by atoms with Crippen molar-refractivity contribution in [2.45, 2.75) is 0 Å². The molecule has 122 valence electrons. The van der Waals surface area contributed by atoms with Crippen LogP contribution in [-0.4, -0.2) is 19.1 Å². The van der Waals surface area contributed by atoms with Gasteiger partial charge in [-0.3, -0.25) is 14.9 Å². The summed E-state index contributed by atoms with van der Waals surface area (Å²) >= 11 is 0. The second-order valence-corrected chi connectivity index (χ2v) is 4.91. The normalized spacial score (nSPS) is 10.6. The highest BCUT2D eigenvalue weighted by Gasteiger charge is 2.28. The average Bonchev–Trinajstić information content (AvgIpc) is 2.60. The van der Waals surface area contributed by atoms with E-state index in [0.717, 1.165) is 0 Å². The van der Waals surface area contributed by atoms with Gasteiger partial charge in [0, 0.05) is 5.56 Å². The van der Waals surface area contributed by atoms with Crippen molar-refractivity contribution in [2.24, 2.45) is 0 Å². The number of rotatable bonds is 4. The molecule has 24 heavy (non-hydrogen) atoms. The third-order valence-corrected chi connectivity index (χ3v) is 3.60. The van der Waals surface area contributed by atoms with Gasteiger partial charge in [0.2, 0.25) is 5.76 Å². The number of hydrogen-bond donors (Lipinski definition) is 0. The third kappa shape index (κ3) is 2.36. The molecule has 2 aromatic carbocycles. The second kappa shape index (κ2) is 6.04. The van der Waals surface area contributed by atoms with Crippen LogP contribution in [0.5, 0.6) is 11.5 Å². The first-order chi connectivity index (χ1) is 11.6. The number of fused-ring (bicyclic) bond motifs is 1. The Kier molecular flexibility index (Phi) is 3.91. The van der Waals surface area contributed by atoms with Crippen molar-refractivity contribution in [2.75, 3.05) is 14.2 Å². The Morgan fingerprint density at radius 3 is 2.33 bits per heavy atom. The first-order valence-electron chi connectivity index (χ1n) is 7.00. The quantitative estimate of drug-likeness (QED) is 0.539. The summed E-state index contributed by atoms with van der Waals surface area (Å²) in [6, 6.07) is 11.5. The van der Waals surface area contributed by atoms with Crippen molar-refractivity contribution in [3.05, 3.63) is 62.8 Å². The molecule has 0 aliphatic rings. The van der Waals surface area contributed by atoms with E-state index < -0.39 is 16.0 Å². The maximum Gasteiger partial charge on any atom is 0.359 e. The number of nitro groups is 1. The van der Waals surface area contributed by atoms with Crippen LogP contribution in [0.15, 0.2) is 51.7 Å². The van der Waals surface area contributed by atoms with Gasteiger partial charge in [-0.1, -0.05) is 30.3 Å². The first kappa shape index (κ1) is 15.5. The molecule has 0 spiro atoms. The molecule has 3 aromatic rings. The summed E-state index contributed by atoms with van der Waals surface area (Å²) in [4.78, 5) is 23.5. The number of hydrogen-bond acceptors (Lipinski definition) is 6. The summed E-state index contributed by atoms with van der Waals surface area (Å²) in [5, 5.41) is 11.5. The highest BCUT2D eigenvalue weighted by molar-refractivity contribution is 5.90. The molecular weight excluding hydrogens is 314 g/mol. The van der Waals surface area contributed by atoms with E-state index in [-0.39, 0.29) is 22.5 Å². The number of methoxy groups -OCH3 is 2. The maximum atomic E-state index is 12.8. The lowest BCUT2D eigenvalue weighted by atomic mass is 10.1. The van der Waals surface area contributed by atoms with Crippen molar-refractivity contribution in [3.8, 4) is 22.8 Å². The minimum Gasteiger partial charge on any atom is -0.493 e. The predicted molar refractivity (Wildman–Crippen MR) is 87.7 cm³/mol. The fourth-order valence-corrected chi connectivity index (χ4v) is 2.54. The highest BCUT2D eigenvalue weighted by atomic mass is 16.6. The van der Waals surface area contributed by atoms with Gasteiger partial charge < -0.3 is 13.9 Å². The van der Waals surface area contributed by atoms with Crippen LogP contribution in [0.2, 0.25) is 0 Å². The van der Waals surface area contributed by atoms with Crippen LogP contribution in [-0.2, 0) is 0 Å². The van der Waals surface area contributed by atoms with Crippen molar-refractivity contribution >= 4 is 16.7 Å². The molecule has 0 atom stereocenters. The van der Waals surface area contributed by atoms with Gasteiger partial charge in [-0.2, -0.15) is 0 Å². The monoisotopic (exact) mass is 327 g/mol. The zero-order valence-electron chi connectivity index (χ0n) is 12.9. The minimum atomic E-state index is -0.782. The molecule has 3 rings (SSSR count). The van der Waals surface area contributed by atoms with E-state index in [1.54, 1.807) is 36.4 Å². The van der Waals surface area contributed by atoms with E-state index in [9.17, 15) is 14.9 Å². The van der Waals surface area contributed by atoms with Gasteiger partial charge in [0.25, 0.3) is 5.43 Å². The maximum absolute atomic E-state index is 12.8. The Balaban J connectivity index is 2.47. The van der Waals surface area contributed by atoms with Gasteiger partial charge in [0.1, 0.15) is 11.0 Å². The standard InChI is InChI=1S/C17H13NO6/c1-22-12-9-8-11-13(17(12)23-2)15(19)14(18(20)21)16(24-11)10-6-4-3-5-7-10/h3-9H,1-2H3. The van der Waals surface area contributed by atoms with E-state index in [1.807, 2.05) is 0 Å². The molecule has 7 nitrogen and oxygen atoms in total. The molecule has 0 aliphatic carbocycles. The van der Waals surface area contributed by atoms with Gasteiger partial charge in [-0.15, -0.1) is 0 Å². The largest absolute Gasteiger partial charge is 0.493 e. The van der Waals surface area contributed by atoms with E-state index >= 15 is 0 Å². The van der Waals surface area contributed by atoms with E-state index in [4.69, 9.17) is 13.9 Å². The molecule has 1 aromatic heterocycles. The summed E-state index contributed by atoms with van der Waals surface area (Å²) in [5.74, 6) is 0.302. The molecule has 1 heterocycles. The van der Waals surface area contributed by atoms with E-state index in [2.05, 4.69) is 0 Å². The van der Waals surface area contributed by atoms with Crippen molar-refractivity contribution in [1.29, 1.82) is 0 Å². The number of nitrogens with zero attached hydrogens (tertiary/aromatic N) is 1. The summed E-state index contributed by atoms with van der Waals surface area (Å²) in [6.07, 6.45) is 0. The molecule has 0 unspecified atom stereocenters. The fraction of sp³-hybridized carbons (Fsp3) is 0.118. The summed E-state index contributed by atoms with van der Waals surface area (Å²) < 4.78 is 16.0. The topological polar surface area (TPSA) is 91.8 Å². The molecule has 0 radical (unpaired) electrons. The number of benzene rings is 2. The molecule has 7 heteroatoms. The Labute approximate surface area is 136 Å². The van der Waals surface area contributed by atoms with Gasteiger partial charge in [0.15, 0.2) is 11.5 Å². The third-order valence-electron chi connectivity index (χ3n) is 3.60. The lowest BCUT2D eigenvalue weighted by Gasteiger charge is -2.11. The molecule has 0 saturated heterocycles. The van der Waals surface area contributed by atoms with Crippen LogP contribution in [0.3, 0.4) is 0 Å². The van der Waals surface area contributed by atoms with Gasteiger partial charge in [-0.05, 0) is 12.1 Å². The number of ether oxygens (including phenoxy) is 2. The van der Waals surface area contributed by atoms with Crippen LogP contribution >= 0.6 is 0 Å². The zero-order chi connectivity index (χ0) is 17.3. The summed E-state index contributed by atoms with van der Waals surface area (Å²) in [6.45, 7) is 0. The molecule has 0 fully saturated rings.